The van der Waals surface area contributed by atoms with Crippen LogP contribution in [0.25, 0.3) is 10.9 Å². The van der Waals surface area contributed by atoms with E-state index in [1.54, 1.807) is 18.2 Å². The number of carbonyl (C=O) groups excluding carboxylic acids is 4. The van der Waals surface area contributed by atoms with Crippen LogP contribution in [0, 0.1) is 11.8 Å². The maximum atomic E-state index is 13.8. The van der Waals surface area contributed by atoms with Crippen LogP contribution in [0.15, 0.2) is 66.7 Å². The number of rotatable bonds is 12. The number of aliphatic hydroxyl groups is 1. The second-order valence-electron chi connectivity index (χ2n) is 14.7. The summed E-state index contributed by atoms with van der Waals surface area (Å²) in [5.74, 6) is -1.20. The number of piperidine rings is 1. The molecule has 262 valence electrons. The average molecular weight is 671 g/mol. The third kappa shape index (κ3) is 9.86. The molecule has 0 spiro atoms. The number of amides is 4. The molecule has 1 aliphatic heterocycles. The molecule has 1 aromatic heterocycles. The zero-order chi connectivity index (χ0) is 35.1. The summed E-state index contributed by atoms with van der Waals surface area (Å²) in [5.41, 5.74) is 6.70. The smallest absolute Gasteiger partial charge is 0.270 e. The molecule has 1 saturated heterocycles. The highest BCUT2D eigenvalue weighted by atomic mass is 16.3. The molecule has 5 rings (SSSR count). The van der Waals surface area contributed by atoms with Gasteiger partial charge >= 0.3 is 0 Å². The van der Waals surface area contributed by atoms with E-state index < -0.39 is 53.9 Å². The van der Waals surface area contributed by atoms with Gasteiger partial charge in [0.05, 0.1) is 30.1 Å². The Bertz CT molecular complexity index is 1630. The summed E-state index contributed by atoms with van der Waals surface area (Å²) in [6, 6.07) is 17.6. The number of aliphatic hydroxyl groups excluding tert-OH is 1. The van der Waals surface area contributed by atoms with Gasteiger partial charge in [0.15, 0.2) is 0 Å². The fourth-order valence-electron chi connectivity index (χ4n) is 7.26. The van der Waals surface area contributed by atoms with Crippen molar-refractivity contribution in [1.82, 2.24) is 25.8 Å². The third-order valence-corrected chi connectivity index (χ3v) is 9.67. The highest BCUT2D eigenvalue weighted by molar-refractivity contribution is 5.99. The number of aromatic nitrogens is 1. The number of benzene rings is 2. The number of hydrogen-bond donors (Lipinski definition) is 5. The predicted octanol–water partition coefficient (Wildman–Crippen LogP) is 3.09. The van der Waals surface area contributed by atoms with Crippen molar-refractivity contribution in [1.29, 1.82) is 0 Å². The molecule has 2 heterocycles. The molecule has 2 aromatic carbocycles. The van der Waals surface area contributed by atoms with Crippen LogP contribution in [0.5, 0.6) is 0 Å². The van der Waals surface area contributed by atoms with Crippen molar-refractivity contribution in [3.8, 4) is 0 Å². The summed E-state index contributed by atoms with van der Waals surface area (Å²) in [7, 11) is 0. The number of nitrogens with zero attached hydrogens (tertiary/aromatic N) is 2. The molecule has 6 N–H and O–H groups in total. The van der Waals surface area contributed by atoms with Crippen molar-refractivity contribution < 1.29 is 24.3 Å². The number of carbonyl (C=O) groups is 4. The van der Waals surface area contributed by atoms with E-state index in [1.165, 1.54) is 6.42 Å². The van der Waals surface area contributed by atoms with Gasteiger partial charge in [0.25, 0.3) is 5.91 Å². The van der Waals surface area contributed by atoms with Crippen LogP contribution in [-0.2, 0) is 20.8 Å². The van der Waals surface area contributed by atoms with Gasteiger partial charge in [-0.25, -0.2) is 4.98 Å². The molecule has 0 radical (unpaired) electrons. The van der Waals surface area contributed by atoms with E-state index in [-0.39, 0.29) is 24.6 Å². The molecule has 6 atom stereocenters. The topological polar surface area (TPSA) is 167 Å². The molecule has 2 fully saturated rings. The van der Waals surface area contributed by atoms with Gasteiger partial charge in [-0.15, -0.1) is 0 Å². The second kappa shape index (κ2) is 15.9. The van der Waals surface area contributed by atoms with E-state index in [2.05, 4.69) is 25.8 Å². The highest BCUT2D eigenvalue weighted by Crippen LogP contribution is 2.39. The SMILES string of the molecule is CC(C)(C)NC(=O)[C@@H]1CC2CCCCC2CN1C[C@@H](O)[C@H](Cc1ccccc1)NC(=O)C(CC(N)=O)NC(=O)c1ccc2ccccc2n1. The molecule has 2 aliphatic rings. The maximum Gasteiger partial charge on any atom is 0.270 e. The van der Waals surface area contributed by atoms with Gasteiger partial charge < -0.3 is 26.8 Å². The normalized spacial score (nSPS) is 21.5. The van der Waals surface area contributed by atoms with E-state index in [0.717, 1.165) is 36.6 Å². The van der Waals surface area contributed by atoms with Crippen LogP contribution in [0.1, 0.15) is 75.3 Å². The summed E-state index contributed by atoms with van der Waals surface area (Å²) in [4.78, 5) is 59.3. The van der Waals surface area contributed by atoms with Crippen molar-refractivity contribution in [2.24, 2.45) is 17.6 Å². The fraction of sp³-hybridized carbons (Fsp3) is 0.500. The number of β-amino-alcohol motifs (C(OH)–C–C–N with tert-alkyl or cyclic N) is 1. The Morgan fingerprint density at radius 1 is 0.939 bits per heavy atom. The number of fused-ring (bicyclic) bond motifs is 2. The summed E-state index contributed by atoms with van der Waals surface area (Å²) < 4.78 is 0. The Kier molecular flexibility index (Phi) is 11.7. The molecule has 1 aliphatic carbocycles. The summed E-state index contributed by atoms with van der Waals surface area (Å²) in [5, 5.41) is 21.4. The van der Waals surface area contributed by atoms with Gasteiger partial charge in [0.1, 0.15) is 11.7 Å². The van der Waals surface area contributed by atoms with Crippen molar-refractivity contribution in [2.45, 2.75) is 95.5 Å². The standard InChI is InChI=1S/C38H50N6O5/c1-38(2,3)43-37(49)32-20-26-14-7-8-15-27(26)22-44(32)23-33(45)30(19-24-11-5-4-6-12-24)41-36(48)31(21-34(39)46)42-35(47)29-18-17-25-13-9-10-16-28(25)40-29/h4-6,9-13,16-18,26-27,30-33,45H,7-8,14-15,19-23H2,1-3H3,(H2,39,46)(H,41,48)(H,42,47)(H,43,49)/t26?,27?,30-,31?,32-,33+/m0/s1. The summed E-state index contributed by atoms with van der Waals surface area (Å²) in [6.45, 7) is 6.73. The first-order valence-electron chi connectivity index (χ1n) is 17.4. The van der Waals surface area contributed by atoms with Crippen LogP contribution in [0.4, 0.5) is 0 Å². The largest absolute Gasteiger partial charge is 0.390 e. The minimum atomic E-state index is -1.30. The molecular formula is C38H50N6O5. The zero-order valence-corrected chi connectivity index (χ0v) is 28.7. The maximum absolute atomic E-state index is 13.8. The number of likely N-dealkylation sites (tertiary alicyclic amines) is 1. The lowest BCUT2D eigenvalue weighted by Crippen LogP contribution is -2.61. The van der Waals surface area contributed by atoms with Gasteiger partial charge in [0.2, 0.25) is 17.7 Å². The van der Waals surface area contributed by atoms with Gasteiger partial charge in [-0.2, -0.15) is 0 Å². The average Bonchev–Trinajstić information content (AvgIpc) is 3.06. The Morgan fingerprint density at radius 2 is 1.63 bits per heavy atom. The number of nitrogens with two attached hydrogens (primary N) is 1. The molecule has 4 amide bonds. The van der Waals surface area contributed by atoms with Crippen LogP contribution in [0.2, 0.25) is 0 Å². The number of pyridine rings is 1. The zero-order valence-electron chi connectivity index (χ0n) is 28.7. The van der Waals surface area contributed by atoms with Crippen LogP contribution < -0.4 is 21.7 Å². The molecule has 3 aromatic rings. The first kappa shape index (κ1) is 35.9. The van der Waals surface area contributed by atoms with Crippen LogP contribution in [0.3, 0.4) is 0 Å². The fourth-order valence-corrected chi connectivity index (χ4v) is 7.26. The van der Waals surface area contributed by atoms with E-state index in [1.807, 2.05) is 69.3 Å². The van der Waals surface area contributed by atoms with Crippen LogP contribution >= 0.6 is 0 Å². The van der Waals surface area contributed by atoms with E-state index in [4.69, 9.17) is 5.73 Å². The van der Waals surface area contributed by atoms with Crippen LogP contribution in [-0.4, -0.2) is 81.5 Å². The minimum absolute atomic E-state index is 0.0566. The van der Waals surface area contributed by atoms with Gasteiger partial charge in [-0.05, 0) is 69.6 Å². The Hall–Kier alpha value is -4.35. The molecule has 11 heteroatoms. The number of primary amides is 1. The van der Waals surface area contributed by atoms with Gasteiger partial charge in [-0.1, -0.05) is 73.9 Å². The lowest BCUT2D eigenvalue weighted by Gasteiger charge is -2.47. The lowest BCUT2D eigenvalue weighted by atomic mass is 9.72. The molecule has 49 heavy (non-hydrogen) atoms. The molecule has 11 nitrogen and oxygen atoms in total. The predicted molar refractivity (Wildman–Crippen MR) is 188 cm³/mol. The minimum Gasteiger partial charge on any atom is -0.390 e. The number of nitrogens with one attached hydrogen (secondary N) is 3. The third-order valence-electron chi connectivity index (χ3n) is 9.67. The molecule has 3 unspecified atom stereocenters. The van der Waals surface area contributed by atoms with Gasteiger partial charge in [0, 0.05) is 24.0 Å². The molecule has 1 saturated carbocycles. The first-order chi connectivity index (χ1) is 23.4. The Balaban J connectivity index is 1.35. The number of hydrogen-bond acceptors (Lipinski definition) is 7. The van der Waals surface area contributed by atoms with E-state index in [9.17, 15) is 24.3 Å². The Labute approximate surface area is 288 Å². The summed E-state index contributed by atoms with van der Waals surface area (Å²) in [6.07, 6.45) is 4.03. The van der Waals surface area contributed by atoms with E-state index >= 15 is 0 Å². The lowest BCUT2D eigenvalue weighted by molar-refractivity contribution is -0.133. The molecular weight excluding hydrogens is 620 g/mol. The monoisotopic (exact) mass is 670 g/mol. The first-order valence-corrected chi connectivity index (χ1v) is 17.4. The van der Waals surface area contributed by atoms with Crippen molar-refractivity contribution in [3.63, 3.8) is 0 Å². The second-order valence-corrected chi connectivity index (χ2v) is 14.7. The molecule has 0 bridgehead atoms. The highest BCUT2D eigenvalue weighted by Gasteiger charge is 2.42. The van der Waals surface area contributed by atoms with E-state index in [0.29, 0.717) is 23.9 Å². The van der Waals surface area contributed by atoms with Gasteiger partial charge in [-0.3, -0.25) is 24.1 Å². The Morgan fingerprint density at radius 3 is 2.35 bits per heavy atom. The quantitative estimate of drug-likeness (QED) is 0.198. The van der Waals surface area contributed by atoms with Crippen molar-refractivity contribution >= 4 is 34.5 Å². The van der Waals surface area contributed by atoms with Crippen molar-refractivity contribution in [2.75, 3.05) is 13.1 Å². The van der Waals surface area contributed by atoms with Crippen molar-refractivity contribution in [3.05, 3.63) is 78.0 Å². The summed E-state index contributed by atoms with van der Waals surface area (Å²) >= 11 is 0. The number of para-hydroxylation sites is 1.